The van der Waals surface area contributed by atoms with Gasteiger partial charge in [0, 0.05) is 4.47 Å². The number of benzene rings is 1. The second-order valence-corrected chi connectivity index (χ2v) is 7.14. The lowest BCUT2D eigenvalue weighted by molar-refractivity contribution is -0.148. The second kappa shape index (κ2) is 6.31. The predicted octanol–water partition coefficient (Wildman–Crippen LogP) is 2.72. The van der Waals surface area contributed by atoms with Crippen LogP contribution in [0.15, 0.2) is 28.7 Å². The highest BCUT2D eigenvalue weighted by Gasteiger charge is 2.52. The number of imide groups is 1. The Bertz CT molecular complexity index is 644. The van der Waals surface area contributed by atoms with Crippen LogP contribution in [0.2, 0.25) is 0 Å². The van der Waals surface area contributed by atoms with Gasteiger partial charge in [-0.25, -0.2) is 14.5 Å². The van der Waals surface area contributed by atoms with Gasteiger partial charge in [-0.15, -0.1) is 0 Å². The van der Waals surface area contributed by atoms with Gasteiger partial charge in [-0.3, -0.25) is 4.79 Å². The van der Waals surface area contributed by atoms with Gasteiger partial charge in [-0.1, -0.05) is 41.9 Å². The normalized spacial score (nSPS) is 22.4. The van der Waals surface area contributed by atoms with Gasteiger partial charge in [-0.2, -0.15) is 0 Å². The van der Waals surface area contributed by atoms with Crippen molar-refractivity contribution in [3.63, 3.8) is 0 Å². The third kappa shape index (κ3) is 3.24. The summed E-state index contributed by atoms with van der Waals surface area (Å²) in [6.07, 6.45) is 0.213. The smallest absolute Gasteiger partial charge is 0.327 e. The number of carboxylic acid groups (broad SMARTS) is 1. The molecule has 1 aliphatic rings. The minimum atomic E-state index is -1.26. The molecule has 1 aliphatic heterocycles. The SMILES string of the molecule is CC(C)C[C@@H](C(=O)O)N1C(=O)N[C@@](C)(c2ccc(Br)cc2)C1=O. The maximum Gasteiger partial charge on any atom is 0.327 e. The van der Waals surface area contributed by atoms with E-state index in [0.717, 1.165) is 9.37 Å². The van der Waals surface area contributed by atoms with E-state index in [1.54, 1.807) is 31.2 Å². The average molecular weight is 383 g/mol. The van der Waals surface area contributed by atoms with Crippen LogP contribution in [0.25, 0.3) is 0 Å². The second-order valence-electron chi connectivity index (χ2n) is 6.22. The minimum absolute atomic E-state index is 0.0382. The third-order valence-electron chi connectivity index (χ3n) is 3.94. The highest BCUT2D eigenvalue weighted by atomic mass is 79.9. The Labute approximate surface area is 143 Å². The molecule has 0 aromatic heterocycles. The highest BCUT2D eigenvalue weighted by Crippen LogP contribution is 2.32. The number of carbonyl (C=O) groups is 3. The number of hydrogen-bond donors (Lipinski definition) is 2. The van der Waals surface area contributed by atoms with Crippen molar-refractivity contribution in [2.24, 2.45) is 5.92 Å². The van der Waals surface area contributed by atoms with Gasteiger partial charge in [0.1, 0.15) is 11.6 Å². The Morgan fingerprint density at radius 2 is 1.87 bits per heavy atom. The molecule has 6 nitrogen and oxygen atoms in total. The van der Waals surface area contributed by atoms with E-state index in [-0.39, 0.29) is 12.3 Å². The number of nitrogens with zero attached hydrogens (tertiary/aromatic N) is 1. The van der Waals surface area contributed by atoms with Crippen LogP contribution in [0.5, 0.6) is 0 Å². The van der Waals surface area contributed by atoms with Crippen molar-refractivity contribution in [1.29, 1.82) is 0 Å². The zero-order valence-electron chi connectivity index (χ0n) is 13.2. The lowest BCUT2D eigenvalue weighted by Gasteiger charge is -2.25. The van der Waals surface area contributed by atoms with E-state index in [9.17, 15) is 19.5 Å². The van der Waals surface area contributed by atoms with E-state index in [1.807, 2.05) is 13.8 Å². The molecule has 3 amide bonds. The maximum absolute atomic E-state index is 12.8. The van der Waals surface area contributed by atoms with Gasteiger partial charge in [0.2, 0.25) is 0 Å². The fourth-order valence-electron chi connectivity index (χ4n) is 2.69. The number of aliphatic carboxylic acids is 1. The summed E-state index contributed by atoms with van der Waals surface area (Å²) in [5.74, 6) is -1.68. The molecule has 1 fully saturated rings. The molecular formula is C16H19BrN2O4. The minimum Gasteiger partial charge on any atom is -0.480 e. The molecule has 124 valence electrons. The van der Waals surface area contributed by atoms with Crippen molar-refractivity contribution >= 4 is 33.8 Å². The van der Waals surface area contributed by atoms with Gasteiger partial charge in [0.15, 0.2) is 0 Å². The summed E-state index contributed by atoms with van der Waals surface area (Å²) >= 11 is 3.32. The first-order chi connectivity index (χ1) is 10.7. The molecule has 0 unspecified atom stereocenters. The molecule has 1 saturated heterocycles. The van der Waals surface area contributed by atoms with Crippen LogP contribution in [-0.2, 0) is 15.1 Å². The zero-order chi connectivity index (χ0) is 17.4. The number of hydrogen-bond acceptors (Lipinski definition) is 3. The Kier molecular flexibility index (Phi) is 4.79. The molecule has 0 radical (unpaired) electrons. The quantitative estimate of drug-likeness (QED) is 0.766. The number of halogens is 1. The third-order valence-corrected chi connectivity index (χ3v) is 4.46. The number of nitrogens with one attached hydrogen (secondary N) is 1. The fourth-order valence-corrected chi connectivity index (χ4v) is 2.95. The molecule has 1 heterocycles. The van der Waals surface area contributed by atoms with Crippen LogP contribution in [-0.4, -0.2) is 34.0 Å². The summed E-state index contributed by atoms with van der Waals surface area (Å²) in [7, 11) is 0. The van der Waals surface area contributed by atoms with Crippen molar-refractivity contribution in [2.75, 3.05) is 0 Å². The van der Waals surface area contributed by atoms with Crippen LogP contribution in [0.3, 0.4) is 0 Å². The molecule has 0 bridgehead atoms. The van der Waals surface area contributed by atoms with E-state index in [0.29, 0.717) is 5.56 Å². The summed E-state index contributed by atoms with van der Waals surface area (Å²) in [5, 5.41) is 12.0. The number of urea groups is 1. The van der Waals surface area contributed by atoms with Crippen molar-refractivity contribution in [3.05, 3.63) is 34.3 Å². The Morgan fingerprint density at radius 1 is 1.30 bits per heavy atom. The van der Waals surface area contributed by atoms with Crippen LogP contribution in [0, 0.1) is 5.92 Å². The van der Waals surface area contributed by atoms with Gasteiger partial charge >= 0.3 is 12.0 Å². The zero-order valence-corrected chi connectivity index (χ0v) is 14.8. The number of carboxylic acids is 1. The molecule has 2 N–H and O–H groups in total. The van der Waals surface area contributed by atoms with Gasteiger partial charge in [-0.05, 0) is 37.0 Å². The van der Waals surface area contributed by atoms with Crippen molar-refractivity contribution < 1.29 is 19.5 Å². The van der Waals surface area contributed by atoms with E-state index < -0.39 is 29.5 Å². The largest absolute Gasteiger partial charge is 0.480 e. The lowest BCUT2D eigenvalue weighted by Crippen LogP contribution is -2.47. The molecule has 1 aromatic carbocycles. The first-order valence-corrected chi connectivity index (χ1v) is 8.10. The summed E-state index contributed by atoms with van der Waals surface area (Å²) in [4.78, 5) is 37.5. The van der Waals surface area contributed by atoms with Gasteiger partial charge < -0.3 is 10.4 Å². The molecule has 2 atom stereocenters. The van der Waals surface area contributed by atoms with E-state index in [1.165, 1.54) is 0 Å². The monoisotopic (exact) mass is 382 g/mol. The molecular weight excluding hydrogens is 364 g/mol. The predicted molar refractivity (Wildman–Crippen MR) is 87.8 cm³/mol. The molecule has 7 heteroatoms. The van der Waals surface area contributed by atoms with Gasteiger partial charge in [0.25, 0.3) is 5.91 Å². The van der Waals surface area contributed by atoms with Crippen LogP contribution in [0.4, 0.5) is 4.79 Å². The molecule has 0 saturated carbocycles. The summed E-state index contributed by atoms with van der Waals surface area (Å²) in [6, 6.07) is 5.15. The fraction of sp³-hybridized carbons (Fsp3) is 0.438. The Balaban J connectivity index is 2.38. The van der Waals surface area contributed by atoms with Gasteiger partial charge in [0.05, 0.1) is 0 Å². The average Bonchev–Trinajstić information content (AvgIpc) is 2.68. The molecule has 23 heavy (non-hydrogen) atoms. The maximum atomic E-state index is 12.8. The van der Waals surface area contributed by atoms with Crippen molar-refractivity contribution in [1.82, 2.24) is 10.2 Å². The van der Waals surface area contributed by atoms with Crippen LogP contribution in [0.1, 0.15) is 32.8 Å². The molecule has 0 spiro atoms. The number of amides is 3. The van der Waals surface area contributed by atoms with E-state index >= 15 is 0 Å². The highest BCUT2D eigenvalue weighted by molar-refractivity contribution is 9.10. The van der Waals surface area contributed by atoms with Crippen molar-refractivity contribution in [3.8, 4) is 0 Å². The first kappa shape index (κ1) is 17.5. The van der Waals surface area contributed by atoms with Crippen LogP contribution >= 0.6 is 15.9 Å². The number of carbonyl (C=O) groups excluding carboxylic acids is 2. The topological polar surface area (TPSA) is 86.7 Å². The number of rotatable bonds is 5. The Hall–Kier alpha value is -1.89. The van der Waals surface area contributed by atoms with Crippen molar-refractivity contribution in [2.45, 2.75) is 38.8 Å². The van der Waals surface area contributed by atoms with E-state index in [2.05, 4.69) is 21.2 Å². The van der Waals surface area contributed by atoms with Crippen LogP contribution < -0.4 is 5.32 Å². The molecule has 2 rings (SSSR count). The lowest BCUT2D eigenvalue weighted by atomic mass is 9.91. The van der Waals surface area contributed by atoms with E-state index in [4.69, 9.17) is 0 Å². The standard InChI is InChI=1S/C16H19BrN2O4/c1-9(2)8-12(13(20)21)19-14(22)16(3,18-15(19)23)10-4-6-11(17)7-5-10/h4-7,9,12H,8H2,1-3H3,(H,18,23)(H,20,21)/t12-,16-/m0/s1. The first-order valence-electron chi connectivity index (χ1n) is 7.31. The molecule has 0 aliphatic carbocycles. The molecule has 1 aromatic rings. The summed E-state index contributed by atoms with van der Waals surface area (Å²) < 4.78 is 0.849. The Morgan fingerprint density at radius 3 is 2.35 bits per heavy atom. The summed E-state index contributed by atoms with van der Waals surface area (Å²) in [5.41, 5.74) is -0.655. The summed E-state index contributed by atoms with van der Waals surface area (Å²) in [6.45, 7) is 5.29.